The van der Waals surface area contributed by atoms with Gasteiger partial charge in [-0.2, -0.15) is 0 Å². The average molecular weight is 544 g/mol. The van der Waals surface area contributed by atoms with Gasteiger partial charge in [0.1, 0.15) is 28.7 Å². The molecule has 1 heterocycles. The fourth-order valence-electron chi connectivity index (χ4n) is 4.36. The minimum absolute atomic E-state index is 0.206. The molecule has 1 atom stereocenters. The molecule has 0 spiro atoms. The minimum atomic E-state index is -0.914. The maximum atomic E-state index is 12.7. The molecule has 39 heavy (non-hydrogen) atoms. The van der Waals surface area contributed by atoms with Crippen LogP contribution in [0.5, 0.6) is 28.7 Å². The molecule has 1 aliphatic rings. The van der Waals surface area contributed by atoms with E-state index in [1.807, 2.05) is 54.6 Å². The van der Waals surface area contributed by atoms with Crippen LogP contribution in [0.2, 0.25) is 5.02 Å². The molecule has 1 aliphatic heterocycles. The Labute approximate surface area is 230 Å². The third kappa shape index (κ3) is 6.33. The number of halogens is 1. The van der Waals surface area contributed by atoms with E-state index in [2.05, 4.69) is 5.32 Å². The highest BCUT2D eigenvalue weighted by molar-refractivity contribution is 6.32. The third-order valence-corrected chi connectivity index (χ3v) is 6.67. The standard InChI is InChI=1S/C31H26ClNO6/c32-26-18-25-24(31(35)36)15-17-37-28(25)19-29(26)39-23-12-10-21(11-13-23)30(34)33-16-14-20-6-4-5-9-27(20)38-22-7-2-1-3-8-22/h1-13,18-19,24H,14-17H2,(H,33,34)(H,35,36). The summed E-state index contributed by atoms with van der Waals surface area (Å²) in [5.41, 5.74) is 2.01. The van der Waals surface area contributed by atoms with Crippen molar-refractivity contribution in [2.75, 3.05) is 13.2 Å². The van der Waals surface area contributed by atoms with Gasteiger partial charge in [-0.25, -0.2) is 0 Å². The van der Waals surface area contributed by atoms with E-state index in [1.54, 1.807) is 36.4 Å². The normalized spacial score (nSPS) is 14.0. The van der Waals surface area contributed by atoms with Crippen LogP contribution in [0, 0.1) is 0 Å². The Kier molecular flexibility index (Phi) is 7.99. The van der Waals surface area contributed by atoms with Gasteiger partial charge in [0, 0.05) is 23.7 Å². The second-order valence-corrected chi connectivity index (χ2v) is 9.41. The lowest BCUT2D eigenvalue weighted by molar-refractivity contribution is -0.139. The van der Waals surface area contributed by atoms with Crippen LogP contribution in [0.15, 0.2) is 91.0 Å². The number of carbonyl (C=O) groups excluding carboxylic acids is 1. The predicted molar refractivity (Wildman–Crippen MR) is 147 cm³/mol. The van der Waals surface area contributed by atoms with Gasteiger partial charge in [-0.1, -0.05) is 48.0 Å². The summed E-state index contributed by atoms with van der Waals surface area (Å²) < 4.78 is 17.5. The molecular weight excluding hydrogens is 518 g/mol. The lowest BCUT2D eigenvalue weighted by atomic mass is 9.93. The number of ether oxygens (including phenoxy) is 3. The number of para-hydroxylation sites is 2. The molecule has 5 rings (SSSR count). The molecular formula is C31H26ClNO6. The number of aliphatic carboxylic acids is 1. The number of carbonyl (C=O) groups is 2. The van der Waals surface area contributed by atoms with E-state index in [0.717, 1.165) is 17.1 Å². The summed E-state index contributed by atoms with van der Waals surface area (Å²) in [5.74, 6) is 0.990. The number of carboxylic acids is 1. The Hall–Kier alpha value is -4.49. The Morgan fingerprint density at radius 2 is 1.59 bits per heavy atom. The van der Waals surface area contributed by atoms with Crippen LogP contribution in [0.4, 0.5) is 0 Å². The van der Waals surface area contributed by atoms with Crippen LogP contribution in [0.1, 0.15) is 33.8 Å². The lowest BCUT2D eigenvalue weighted by Crippen LogP contribution is -2.25. The highest BCUT2D eigenvalue weighted by atomic mass is 35.5. The Morgan fingerprint density at radius 1 is 0.897 bits per heavy atom. The van der Waals surface area contributed by atoms with Gasteiger partial charge >= 0.3 is 5.97 Å². The number of nitrogens with one attached hydrogen (secondary N) is 1. The number of hydrogen-bond acceptors (Lipinski definition) is 5. The number of carboxylic acid groups (broad SMARTS) is 1. The molecule has 4 aromatic rings. The first-order valence-electron chi connectivity index (χ1n) is 12.5. The summed E-state index contributed by atoms with van der Waals surface area (Å²) >= 11 is 6.38. The van der Waals surface area contributed by atoms with E-state index in [9.17, 15) is 14.7 Å². The van der Waals surface area contributed by atoms with Crippen LogP contribution in [-0.4, -0.2) is 30.1 Å². The highest BCUT2D eigenvalue weighted by Gasteiger charge is 2.29. The fraction of sp³-hybridized carbons (Fsp3) is 0.161. The Morgan fingerprint density at radius 3 is 2.36 bits per heavy atom. The summed E-state index contributed by atoms with van der Waals surface area (Å²) in [6.07, 6.45) is 0.994. The maximum Gasteiger partial charge on any atom is 0.311 e. The third-order valence-electron chi connectivity index (χ3n) is 6.37. The monoisotopic (exact) mass is 543 g/mol. The zero-order valence-electron chi connectivity index (χ0n) is 20.9. The van der Waals surface area contributed by atoms with E-state index < -0.39 is 11.9 Å². The number of rotatable bonds is 9. The predicted octanol–water partition coefficient (Wildman–Crippen LogP) is 6.85. The van der Waals surface area contributed by atoms with Crippen LogP contribution < -0.4 is 19.5 Å². The molecule has 198 valence electrons. The largest absolute Gasteiger partial charge is 0.493 e. The van der Waals surface area contributed by atoms with Crippen molar-refractivity contribution in [1.82, 2.24) is 5.32 Å². The molecule has 1 amide bonds. The van der Waals surface area contributed by atoms with E-state index in [-0.39, 0.29) is 10.9 Å². The van der Waals surface area contributed by atoms with Crippen molar-refractivity contribution in [3.8, 4) is 28.7 Å². The molecule has 8 heteroatoms. The molecule has 0 aliphatic carbocycles. The van der Waals surface area contributed by atoms with Gasteiger partial charge < -0.3 is 24.6 Å². The van der Waals surface area contributed by atoms with Crippen molar-refractivity contribution < 1.29 is 28.9 Å². The van der Waals surface area contributed by atoms with Crippen molar-refractivity contribution in [3.05, 3.63) is 113 Å². The Bertz CT molecular complexity index is 1470. The van der Waals surface area contributed by atoms with Crippen LogP contribution >= 0.6 is 11.6 Å². The Balaban J connectivity index is 1.18. The van der Waals surface area contributed by atoms with Gasteiger partial charge in [0.25, 0.3) is 5.91 Å². The van der Waals surface area contributed by atoms with Crippen molar-refractivity contribution in [2.24, 2.45) is 0 Å². The van der Waals surface area contributed by atoms with Gasteiger partial charge in [-0.3, -0.25) is 9.59 Å². The van der Waals surface area contributed by atoms with E-state index >= 15 is 0 Å². The first kappa shape index (κ1) is 26.1. The topological polar surface area (TPSA) is 94.1 Å². The molecule has 0 saturated carbocycles. The van der Waals surface area contributed by atoms with Crippen molar-refractivity contribution in [1.29, 1.82) is 0 Å². The van der Waals surface area contributed by atoms with Gasteiger partial charge in [-0.05, 0) is 66.9 Å². The second-order valence-electron chi connectivity index (χ2n) is 9.00. The number of hydrogen-bond donors (Lipinski definition) is 2. The van der Waals surface area contributed by atoms with Crippen LogP contribution in [-0.2, 0) is 11.2 Å². The van der Waals surface area contributed by atoms with Crippen LogP contribution in [0.25, 0.3) is 0 Å². The molecule has 4 aromatic carbocycles. The number of amides is 1. The van der Waals surface area contributed by atoms with E-state index in [4.69, 9.17) is 25.8 Å². The maximum absolute atomic E-state index is 12.7. The zero-order chi connectivity index (χ0) is 27.2. The number of benzene rings is 4. The van der Waals surface area contributed by atoms with Gasteiger partial charge in [0.05, 0.1) is 17.5 Å². The van der Waals surface area contributed by atoms with Gasteiger partial charge in [0.15, 0.2) is 0 Å². The van der Waals surface area contributed by atoms with Crippen molar-refractivity contribution in [2.45, 2.75) is 18.8 Å². The van der Waals surface area contributed by atoms with Crippen molar-refractivity contribution >= 4 is 23.5 Å². The summed E-state index contributed by atoms with van der Waals surface area (Å²) in [5, 5.41) is 12.7. The molecule has 0 saturated heterocycles. The van der Waals surface area contributed by atoms with E-state index in [1.165, 1.54) is 0 Å². The summed E-state index contributed by atoms with van der Waals surface area (Å²) in [6, 6.07) is 27.2. The molecule has 0 bridgehead atoms. The molecule has 0 radical (unpaired) electrons. The zero-order valence-corrected chi connectivity index (χ0v) is 21.7. The quantitative estimate of drug-likeness (QED) is 0.240. The second kappa shape index (κ2) is 11.9. The number of fused-ring (bicyclic) bond motifs is 1. The van der Waals surface area contributed by atoms with Gasteiger partial charge in [-0.15, -0.1) is 0 Å². The minimum Gasteiger partial charge on any atom is -0.493 e. The molecule has 7 nitrogen and oxygen atoms in total. The molecule has 0 aromatic heterocycles. The average Bonchev–Trinajstić information content (AvgIpc) is 2.95. The van der Waals surface area contributed by atoms with E-state index in [0.29, 0.717) is 54.4 Å². The lowest BCUT2D eigenvalue weighted by Gasteiger charge is -2.24. The fourth-order valence-corrected chi connectivity index (χ4v) is 4.57. The molecule has 1 unspecified atom stereocenters. The van der Waals surface area contributed by atoms with Gasteiger partial charge in [0.2, 0.25) is 0 Å². The smallest absolute Gasteiger partial charge is 0.311 e. The molecule has 0 fully saturated rings. The molecule has 2 N–H and O–H groups in total. The first-order chi connectivity index (χ1) is 19.0. The summed E-state index contributed by atoms with van der Waals surface area (Å²) in [4.78, 5) is 24.3. The van der Waals surface area contributed by atoms with Crippen LogP contribution in [0.3, 0.4) is 0 Å². The summed E-state index contributed by atoms with van der Waals surface area (Å²) in [7, 11) is 0. The SMILES string of the molecule is O=C(NCCc1ccccc1Oc1ccccc1)c1ccc(Oc2cc3c(cc2Cl)C(C(=O)O)CCO3)cc1. The highest BCUT2D eigenvalue weighted by Crippen LogP contribution is 2.41. The first-order valence-corrected chi connectivity index (χ1v) is 12.9. The summed E-state index contributed by atoms with van der Waals surface area (Å²) in [6.45, 7) is 0.745. The van der Waals surface area contributed by atoms with Crippen molar-refractivity contribution in [3.63, 3.8) is 0 Å².